The molecule has 0 radical (unpaired) electrons. The van der Waals surface area contributed by atoms with Gasteiger partial charge >= 0.3 is 6.03 Å². The average Bonchev–Trinajstić information content (AvgIpc) is 2.67. The van der Waals surface area contributed by atoms with Crippen LogP contribution in [0, 0.1) is 5.82 Å². The normalized spacial score (nSPS) is 22.1. The van der Waals surface area contributed by atoms with E-state index in [-0.39, 0.29) is 17.9 Å². The number of carbonyl (C=O) groups excluding carboxylic acids is 2. The molecule has 1 unspecified atom stereocenters. The van der Waals surface area contributed by atoms with E-state index in [0.29, 0.717) is 6.61 Å². The van der Waals surface area contributed by atoms with Crippen molar-refractivity contribution >= 4 is 11.9 Å². The summed E-state index contributed by atoms with van der Waals surface area (Å²) < 4.78 is 18.9. The highest BCUT2D eigenvalue weighted by Crippen LogP contribution is 2.28. The van der Waals surface area contributed by atoms with Gasteiger partial charge in [0.15, 0.2) is 17.1 Å². The first-order valence-corrected chi connectivity index (χ1v) is 5.80. The fraction of sp³-hybridized carbons (Fsp3) is 0.333. The third-order valence-electron chi connectivity index (χ3n) is 2.97. The van der Waals surface area contributed by atoms with E-state index in [9.17, 15) is 14.0 Å². The minimum atomic E-state index is -1.43. The van der Waals surface area contributed by atoms with Crippen LogP contribution in [0.4, 0.5) is 9.18 Å². The molecule has 7 heteroatoms. The van der Waals surface area contributed by atoms with Gasteiger partial charge in [-0.1, -0.05) is 6.07 Å². The van der Waals surface area contributed by atoms with E-state index in [4.69, 9.17) is 10.5 Å². The number of halogens is 1. The lowest BCUT2D eigenvalue weighted by Crippen LogP contribution is -2.50. The van der Waals surface area contributed by atoms with Gasteiger partial charge in [-0.15, -0.1) is 0 Å². The van der Waals surface area contributed by atoms with Crippen LogP contribution in [0.1, 0.15) is 12.5 Å². The molecule has 0 saturated carbocycles. The zero-order valence-electron chi connectivity index (χ0n) is 10.3. The standard InChI is InChI=1S/C12H14FN3O3/c1-2-19-9-4-3-7(5-8(9)13)12(6-14)10(17)15-11(18)16-12/h3-5H,2,6,14H2,1H3,(H2,15,16,17,18). The predicted molar refractivity (Wildman–Crippen MR) is 65.0 cm³/mol. The number of benzene rings is 1. The number of nitrogens with two attached hydrogens (primary N) is 1. The molecule has 6 nitrogen and oxygen atoms in total. The number of carbonyl (C=O) groups is 2. The highest BCUT2D eigenvalue weighted by molar-refractivity contribution is 6.07. The van der Waals surface area contributed by atoms with Crippen molar-refractivity contribution in [3.63, 3.8) is 0 Å². The summed E-state index contributed by atoms with van der Waals surface area (Å²) in [4.78, 5) is 23.1. The monoisotopic (exact) mass is 267 g/mol. The second kappa shape index (κ2) is 4.85. The zero-order chi connectivity index (χ0) is 14.0. The van der Waals surface area contributed by atoms with Gasteiger partial charge in [0, 0.05) is 6.54 Å². The van der Waals surface area contributed by atoms with Crippen LogP contribution >= 0.6 is 0 Å². The summed E-state index contributed by atoms with van der Waals surface area (Å²) in [6.07, 6.45) is 0. The summed E-state index contributed by atoms with van der Waals surface area (Å²) in [6, 6.07) is 3.41. The fourth-order valence-corrected chi connectivity index (χ4v) is 2.00. The SMILES string of the molecule is CCOc1ccc(C2(CN)NC(=O)NC2=O)cc1F. The van der Waals surface area contributed by atoms with Gasteiger partial charge in [-0.25, -0.2) is 9.18 Å². The Morgan fingerprint density at radius 1 is 1.42 bits per heavy atom. The van der Waals surface area contributed by atoms with Gasteiger partial charge in [0.05, 0.1) is 6.61 Å². The van der Waals surface area contributed by atoms with Crippen molar-refractivity contribution in [2.75, 3.05) is 13.2 Å². The van der Waals surface area contributed by atoms with Crippen LogP contribution in [0.25, 0.3) is 0 Å². The molecule has 19 heavy (non-hydrogen) atoms. The molecule has 1 aromatic rings. The summed E-state index contributed by atoms with van der Waals surface area (Å²) >= 11 is 0. The number of imide groups is 1. The minimum absolute atomic E-state index is 0.0863. The van der Waals surface area contributed by atoms with Gasteiger partial charge in [-0.2, -0.15) is 0 Å². The third-order valence-corrected chi connectivity index (χ3v) is 2.97. The number of ether oxygens (including phenoxy) is 1. The Labute approximate surface area is 109 Å². The van der Waals surface area contributed by atoms with E-state index in [2.05, 4.69) is 10.6 Å². The lowest BCUT2D eigenvalue weighted by molar-refractivity contribution is -0.123. The predicted octanol–water partition coefficient (Wildman–Crippen LogP) is 0.218. The molecule has 102 valence electrons. The van der Waals surface area contributed by atoms with Crippen molar-refractivity contribution < 1.29 is 18.7 Å². The van der Waals surface area contributed by atoms with Crippen LogP contribution in [-0.2, 0) is 10.3 Å². The van der Waals surface area contributed by atoms with Crippen molar-refractivity contribution in [3.8, 4) is 5.75 Å². The Morgan fingerprint density at radius 2 is 2.16 bits per heavy atom. The first-order chi connectivity index (χ1) is 9.03. The van der Waals surface area contributed by atoms with Crippen molar-refractivity contribution in [2.24, 2.45) is 5.73 Å². The van der Waals surface area contributed by atoms with Crippen molar-refractivity contribution in [1.82, 2.24) is 10.6 Å². The lowest BCUT2D eigenvalue weighted by atomic mass is 9.90. The first kappa shape index (κ1) is 13.3. The highest BCUT2D eigenvalue weighted by Gasteiger charge is 2.46. The van der Waals surface area contributed by atoms with Crippen molar-refractivity contribution in [2.45, 2.75) is 12.5 Å². The maximum absolute atomic E-state index is 13.8. The molecule has 1 heterocycles. The zero-order valence-corrected chi connectivity index (χ0v) is 10.3. The number of hydrogen-bond acceptors (Lipinski definition) is 4. The molecule has 2 rings (SSSR count). The molecular weight excluding hydrogens is 253 g/mol. The van der Waals surface area contributed by atoms with Crippen LogP contribution in [0.15, 0.2) is 18.2 Å². The van der Waals surface area contributed by atoms with Crippen LogP contribution in [0.2, 0.25) is 0 Å². The van der Waals surface area contributed by atoms with E-state index in [0.717, 1.165) is 6.07 Å². The smallest absolute Gasteiger partial charge is 0.322 e. The van der Waals surface area contributed by atoms with E-state index in [1.807, 2.05) is 0 Å². The van der Waals surface area contributed by atoms with E-state index in [1.54, 1.807) is 6.92 Å². The molecule has 3 amide bonds. The maximum Gasteiger partial charge on any atom is 0.322 e. The molecule has 1 aliphatic rings. The molecule has 1 saturated heterocycles. The second-order valence-corrected chi connectivity index (χ2v) is 4.10. The van der Waals surface area contributed by atoms with Gasteiger partial charge in [-0.05, 0) is 24.6 Å². The summed E-state index contributed by atoms with van der Waals surface area (Å²) in [5.41, 5.74) is 4.42. The summed E-state index contributed by atoms with van der Waals surface area (Å²) in [6.45, 7) is 1.90. The third kappa shape index (κ3) is 2.12. The molecule has 0 bridgehead atoms. The Kier molecular flexibility index (Phi) is 3.39. The quantitative estimate of drug-likeness (QED) is 0.680. The summed E-state index contributed by atoms with van der Waals surface area (Å²) in [7, 11) is 0. The van der Waals surface area contributed by atoms with Crippen LogP contribution in [0.5, 0.6) is 5.75 Å². The van der Waals surface area contributed by atoms with Gasteiger partial charge in [0.1, 0.15) is 0 Å². The van der Waals surface area contributed by atoms with Gasteiger partial charge < -0.3 is 15.8 Å². The van der Waals surface area contributed by atoms with Crippen molar-refractivity contribution in [1.29, 1.82) is 0 Å². The molecule has 1 aliphatic heterocycles. The molecule has 4 N–H and O–H groups in total. The fourth-order valence-electron chi connectivity index (χ4n) is 2.00. The largest absolute Gasteiger partial charge is 0.491 e. The molecule has 0 aromatic heterocycles. The van der Waals surface area contributed by atoms with Gasteiger partial charge in [0.2, 0.25) is 0 Å². The first-order valence-electron chi connectivity index (χ1n) is 5.80. The van der Waals surface area contributed by atoms with Crippen molar-refractivity contribution in [3.05, 3.63) is 29.6 Å². The number of amides is 3. The van der Waals surface area contributed by atoms with Gasteiger partial charge in [-0.3, -0.25) is 10.1 Å². The number of urea groups is 1. The number of hydrogen-bond donors (Lipinski definition) is 3. The topological polar surface area (TPSA) is 93.4 Å². The molecular formula is C12H14FN3O3. The average molecular weight is 267 g/mol. The lowest BCUT2D eigenvalue weighted by Gasteiger charge is -2.24. The van der Waals surface area contributed by atoms with Crippen LogP contribution in [-0.4, -0.2) is 25.1 Å². The molecule has 0 spiro atoms. The van der Waals surface area contributed by atoms with Crippen LogP contribution in [0.3, 0.4) is 0 Å². The molecule has 1 atom stereocenters. The van der Waals surface area contributed by atoms with E-state index >= 15 is 0 Å². The Morgan fingerprint density at radius 3 is 2.63 bits per heavy atom. The maximum atomic E-state index is 13.8. The second-order valence-electron chi connectivity index (χ2n) is 4.10. The molecule has 1 aromatic carbocycles. The Bertz CT molecular complexity index is 535. The minimum Gasteiger partial charge on any atom is -0.491 e. The van der Waals surface area contributed by atoms with Gasteiger partial charge in [0.25, 0.3) is 5.91 Å². The Hall–Kier alpha value is -2.15. The highest BCUT2D eigenvalue weighted by atomic mass is 19.1. The van der Waals surface area contributed by atoms with E-state index < -0.39 is 23.3 Å². The van der Waals surface area contributed by atoms with E-state index in [1.165, 1.54) is 12.1 Å². The number of rotatable bonds is 4. The Balaban J connectivity index is 2.42. The summed E-state index contributed by atoms with van der Waals surface area (Å²) in [5.74, 6) is -1.12. The summed E-state index contributed by atoms with van der Waals surface area (Å²) in [5, 5.41) is 4.52. The van der Waals surface area contributed by atoms with Crippen LogP contribution < -0.4 is 21.1 Å². The number of nitrogens with one attached hydrogen (secondary N) is 2. The molecule has 1 fully saturated rings. The molecule has 0 aliphatic carbocycles.